The van der Waals surface area contributed by atoms with Crippen LogP contribution in [0.15, 0.2) is 83.5 Å². The fourth-order valence-electron chi connectivity index (χ4n) is 3.97. The zero-order valence-electron chi connectivity index (χ0n) is 23.4. The lowest BCUT2D eigenvalue weighted by atomic mass is 10.1. The normalized spacial score (nSPS) is 10.9. The molecule has 0 spiro atoms. The quantitative estimate of drug-likeness (QED) is 0.195. The van der Waals surface area contributed by atoms with Crippen LogP contribution in [0.3, 0.4) is 0 Å². The molecule has 0 saturated carbocycles. The Morgan fingerprint density at radius 3 is 2.50 bits per heavy atom. The number of furan rings is 1. The third kappa shape index (κ3) is 7.82. The molecular formula is C33H35ClFN3O2. The van der Waals surface area contributed by atoms with Gasteiger partial charge in [0.1, 0.15) is 41.8 Å². The topological polar surface area (TPSA) is 60.2 Å². The summed E-state index contributed by atoms with van der Waals surface area (Å²) in [6.07, 6.45) is 5.06. The summed E-state index contributed by atoms with van der Waals surface area (Å²) in [6, 6.07) is 21.7. The highest BCUT2D eigenvalue weighted by atomic mass is 35.5. The van der Waals surface area contributed by atoms with Crippen molar-refractivity contribution in [3.05, 3.63) is 101 Å². The molecule has 0 saturated heterocycles. The molecule has 3 aromatic carbocycles. The average molecular weight is 560 g/mol. The van der Waals surface area contributed by atoms with Crippen LogP contribution >= 0.6 is 11.6 Å². The molecule has 0 atom stereocenters. The Kier molecular flexibility index (Phi) is 10.1. The molecule has 0 unspecified atom stereocenters. The lowest BCUT2D eigenvalue weighted by Crippen LogP contribution is -1.99. The number of nitrogens with zero attached hydrogens (tertiary/aromatic N) is 2. The van der Waals surface area contributed by atoms with E-state index in [1.54, 1.807) is 24.3 Å². The number of benzene rings is 3. The summed E-state index contributed by atoms with van der Waals surface area (Å²) in [5.41, 5.74) is 3.24. The number of halogens is 2. The molecule has 5 aromatic rings. The van der Waals surface area contributed by atoms with Gasteiger partial charge in [-0.2, -0.15) is 0 Å². The number of fused-ring (bicyclic) bond motifs is 1. The van der Waals surface area contributed by atoms with Gasteiger partial charge in [-0.05, 0) is 72.1 Å². The molecule has 7 heteroatoms. The van der Waals surface area contributed by atoms with Crippen molar-refractivity contribution in [1.29, 1.82) is 0 Å². The van der Waals surface area contributed by atoms with E-state index in [0.29, 0.717) is 22.5 Å². The van der Waals surface area contributed by atoms with Crippen LogP contribution in [0, 0.1) is 11.7 Å². The summed E-state index contributed by atoms with van der Waals surface area (Å²) in [4.78, 5) is 8.85. The maximum atomic E-state index is 13.4. The smallest absolute Gasteiger partial charge is 0.141 e. The second-order valence-corrected chi connectivity index (χ2v) is 10.4. The van der Waals surface area contributed by atoms with Crippen LogP contribution in [-0.2, 0) is 13.0 Å². The number of anilines is 2. The maximum absolute atomic E-state index is 13.4. The maximum Gasteiger partial charge on any atom is 0.141 e. The molecule has 5 rings (SSSR count). The minimum atomic E-state index is -0.301. The average Bonchev–Trinajstić information content (AvgIpc) is 3.40. The fourth-order valence-corrected chi connectivity index (χ4v) is 4.21. The first-order chi connectivity index (χ1) is 19.4. The predicted molar refractivity (Wildman–Crippen MR) is 162 cm³/mol. The first kappa shape index (κ1) is 29.1. The van der Waals surface area contributed by atoms with Gasteiger partial charge in [0.2, 0.25) is 0 Å². The Hall–Kier alpha value is -3.90. The van der Waals surface area contributed by atoms with E-state index >= 15 is 0 Å². The minimum absolute atomic E-state index is 0.218. The van der Waals surface area contributed by atoms with Gasteiger partial charge in [0.25, 0.3) is 0 Å². The van der Waals surface area contributed by atoms with E-state index in [4.69, 9.17) is 20.8 Å². The third-order valence-electron chi connectivity index (χ3n) is 6.17. The summed E-state index contributed by atoms with van der Waals surface area (Å²) in [5.74, 6) is 3.17. The van der Waals surface area contributed by atoms with E-state index in [9.17, 15) is 4.39 Å². The Bertz CT molecular complexity index is 1550. The van der Waals surface area contributed by atoms with E-state index in [-0.39, 0.29) is 12.4 Å². The second kappa shape index (κ2) is 13.9. The zero-order valence-corrected chi connectivity index (χ0v) is 24.1. The van der Waals surface area contributed by atoms with Gasteiger partial charge in [-0.15, -0.1) is 0 Å². The van der Waals surface area contributed by atoms with Crippen LogP contribution in [0.5, 0.6) is 5.75 Å². The molecule has 2 heterocycles. The molecule has 0 amide bonds. The van der Waals surface area contributed by atoms with Crippen LogP contribution in [-0.4, -0.2) is 9.97 Å². The van der Waals surface area contributed by atoms with Gasteiger partial charge in [0, 0.05) is 23.1 Å². The van der Waals surface area contributed by atoms with E-state index < -0.39 is 0 Å². The molecular weight excluding hydrogens is 525 g/mol. The summed E-state index contributed by atoms with van der Waals surface area (Å²) in [5, 5.41) is 4.63. The Morgan fingerprint density at radius 2 is 1.77 bits per heavy atom. The molecule has 0 fully saturated rings. The molecule has 0 aliphatic carbocycles. The molecule has 40 heavy (non-hydrogen) atoms. The second-order valence-electron chi connectivity index (χ2n) is 10.0. The predicted octanol–water partition coefficient (Wildman–Crippen LogP) is 10.0. The minimum Gasteiger partial charge on any atom is -0.487 e. The highest BCUT2D eigenvalue weighted by Crippen LogP contribution is 2.33. The summed E-state index contributed by atoms with van der Waals surface area (Å²) < 4.78 is 25.3. The fraction of sp³-hybridized carbons (Fsp3) is 0.273. The van der Waals surface area contributed by atoms with Crippen LogP contribution < -0.4 is 10.1 Å². The molecule has 0 aliphatic rings. The van der Waals surface area contributed by atoms with E-state index in [2.05, 4.69) is 43.0 Å². The van der Waals surface area contributed by atoms with Crippen molar-refractivity contribution in [2.75, 3.05) is 5.32 Å². The molecule has 1 N–H and O–H groups in total. The molecule has 0 aliphatic heterocycles. The van der Waals surface area contributed by atoms with Gasteiger partial charge >= 0.3 is 0 Å². The highest BCUT2D eigenvalue weighted by molar-refractivity contribution is 6.32. The Labute approximate surface area is 240 Å². The van der Waals surface area contributed by atoms with E-state index in [0.717, 1.165) is 45.7 Å². The lowest BCUT2D eigenvalue weighted by molar-refractivity contribution is 0.306. The molecule has 2 aromatic heterocycles. The zero-order chi connectivity index (χ0) is 28.5. The van der Waals surface area contributed by atoms with Crippen molar-refractivity contribution in [2.24, 2.45) is 5.92 Å². The van der Waals surface area contributed by atoms with Crippen molar-refractivity contribution in [3.63, 3.8) is 0 Å². The monoisotopic (exact) mass is 559 g/mol. The first-order valence-electron chi connectivity index (χ1n) is 13.6. The van der Waals surface area contributed by atoms with Crippen molar-refractivity contribution >= 4 is 34.0 Å². The van der Waals surface area contributed by atoms with Gasteiger partial charge < -0.3 is 14.5 Å². The van der Waals surface area contributed by atoms with Gasteiger partial charge in [0.05, 0.1) is 10.5 Å². The number of unbranched alkanes of at least 4 members (excludes halogenated alkanes) is 1. The lowest BCUT2D eigenvalue weighted by Gasteiger charge is -2.12. The van der Waals surface area contributed by atoms with Crippen molar-refractivity contribution in [1.82, 2.24) is 9.97 Å². The number of nitrogens with one attached hydrogen (secondary N) is 1. The number of hydrogen-bond donors (Lipinski definition) is 1. The number of rotatable bonds is 9. The van der Waals surface area contributed by atoms with Gasteiger partial charge in [-0.25, -0.2) is 14.4 Å². The number of ether oxygens (including phenoxy) is 1. The van der Waals surface area contributed by atoms with E-state index in [1.807, 2.05) is 36.4 Å². The van der Waals surface area contributed by atoms with Gasteiger partial charge in [0.15, 0.2) is 0 Å². The van der Waals surface area contributed by atoms with Crippen molar-refractivity contribution in [2.45, 2.75) is 53.6 Å². The molecule has 5 nitrogen and oxygen atoms in total. The summed E-state index contributed by atoms with van der Waals surface area (Å²) in [7, 11) is 0. The standard InChI is InChI=1S/C29H25ClFN3O2.C4H10/c1-18(2)12-23-8-11-27(36-23)20-6-9-26-24(14-20)29(33-17-32-26)34-22-7-10-28(25(30)15-22)35-16-19-4-3-5-21(31)13-19;1-3-4-2/h3-11,13-15,17-18H,12,16H2,1-2H3,(H,32,33,34);3-4H2,1-2H3. The molecule has 0 bridgehead atoms. The molecule has 0 radical (unpaired) electrons. The van der Waals surface area contributed by atoms with Crippen LogP contribution in [0.25, 0.3) is 22.2 Å². The summed E-state index contributed by atoms with van der Waals surface area (Å²) in [6.45, 7) is 8.92. The SMILES string of the molecule is CC(C)Cc1ccc(-c2ccc3ncnc(Nc4ccc(OCc5cccc(F)c5)c(Cl)c4)c3c2)o1.CCCC. The third-order valence-corrected chi connectivity index (χ3v) is 6.46. The van der Waals surface area contributed by atoms with Crippen molar-refractivity contribution in [3.8, 4) is 17.1 Å². The van der Waals surface area contributed by atoms with Crippen LogP contribution in [0.1, 0.15) is 51.9 Å². The van der Waals surface area contributed by atoms with Gasteiger partial charge in [-0.1, -0.05) is 64.3 Å². The Balaban J connectivity index is 0.000000867. The Morgan fingerprint density at radius 1 is 0.950 bits per heavy atom. The largest absolute Gasteiger partial charge is 0.487 e. The number of aromatic nitrogens is 2. The van der Waals surface area contributed by atoms with Crippen molar-refractivity contribution < 1.29 is 13.5 Å². The first-order valence-corrected chi connectivity index (χ1v) is 14.0. The van der Waals surface area contributed by atoms with Gasteiger partial charge in [-0.3, -0.25) is 0 Å². The number of hydrogen-bond acceptors (Lipinski definition) is 5. The van der Waals surface area contributed by atoms with Crippen LogP contribution in [0.4, 0.5) is 15.9 Å². The molecule has 208 valence electrons. The summed E-state index contributed by atoms with van der Waals surface area (Å²) >= 11 is 6.47. The van der Waals surface area contributed by atoms with E-state index in [1.165, 1.54) is 31.3 Å². The highest BCUT2D eigenvalue weighted by Gasteiger charge is 2.11. The van der Waals surface area contributed by atoms with Crippen LogP contribution in [0.2, 0.25) is 5.02 Å².